The first-order chi connectivity index (χ1) is 12.1. The second-order valence-electron chi connectivity index (χ2n) is 6.50. The van der Waals surface area contributed by atoms with E-state index < -0.39 is 6.10 Å². The Kier molecular flexibility index (Phi) is 5.28. The third-order valence-electron chi connectivity index (χ3n) is 4.39. The lowest BCUT2D eigenvalue weighted by molar-refractivity contribution is 0.128. The molecule has 2 N–H and O–H groups in total. The van der Waals surface area contributed by atoms with Crippen LogP contribution in [0.4, 0.5) is 10.5 Å². The van der Waals surface area contributed by atoms with Crippen molar-refractivity contribution in [1.29, 1.82) is 0 Å². The summed E-state index contributed by atoms with van der Waals surface area (Å²) in [4.78, 5) is 22.6. The second kappa shape index (κ2) is 7.61. The van der Waals surface area contributed by atoms with Crippen LogP contribution in [0.15, 0.2) is 36.7 Å². The highest BCUT2D eigenvalue weighted by Crippen LogP contribution is 2.37. The number of benzene rings is 1. The van der Waals surface area contributed by atoms with Gasteiger partial charge in [-0.05, 0) is 32.3 Å². The Bertz CT molecular complexity index is 711. The summed E-state index contributed by atoms with van der Waals surface area (Å²) in [5.74, 6) is 1.33. The average Bonchev–Trinajstić information content (AvgIpc) is 3.45. The van der Waals surface area contributed by atoms with Gasteiger partial charge in [0.15, 0.2) is 0 Å². The molecule has 1 saturated carbocycles. The monoisotopic (exact) mass is 340 g/mol. The molecule has 6 heteroatoms. The molecule has 0 saturated heterocycles. The molecule has 25 heavy (non-hydrogen) atoms. The molecule has 1 aromatic heterocycles. The van der Waals surface area contributed by atoms with Gasteiger partial charge in [0.1, 0.15) is 5.82 Å². The van der Waals surface area contributed by atoms with Crippen LogP contribution in [0, 0.1) is 6.92 Å². The number of nitrogens with zero attached hydrogens (tertiary/aromatic N) is 3. The Hall–Kier alpha value is -2.47. The molecule has 0 radical (unpaired) electrons. The van der Waals surface area contributed by atoms with Crippen molar-refractivity contribution in [2.75, 3.05) is 18.4 Å². The zero-order valence-corrected chi connectivity index (χ0v) is 14.6. The molecule has 1 unspecified atom stereocenters. The number of likely N-dealkylation sites (N-methyl/N-ethyl adjacent to an activating group) is 1. The molecule has 0 bridgehead atoms. The number of anilines is 1. The molecule has 6 nitrogen and oxygen atoms in total. The molecule has 0 aliphatic heterocycles. The molecule has 132 valence electrons. The molecule has 3 rings (SSSR count). The molecule has 2 amide bonds. The molecule has 1 fully saturated rings. The van der Waals surface area contributed by atoms with Gasteiger partial charge in [0.25, 0.3) is 0 Å². The third kappa shape index (κ3) is 4.54. The lowest BCUT2D eigenvalue weighted by atomic mass is 10.1. The fourth-order valence-corrected chi connectivity index (χ4v) is 2.62. The van der Waals surface area contributed by atoms with Gasteiger partial charge in [0.2, 0.25) is 0 Å². The van der Waals surface area contributed by atoms with Crippen molar-refractivity contribution in [3.63, 3.8) is 0 Å². The SMILES string of the molecule is CCN(CC(O)c1ccc(C)cc1)C(=O)Nc1cnc(C2CC2)nc1. The largest absolute Gasteiger partial charge is 0.387 e. The Morgan fingerprint density at radius 1 is 1.28 bits per heavy atom. The van der Waals surface area contributed by atoms with Crippen molar-refractivity contribution >= 4 is 11.7 Å². The number of hydrogen-bond donors (Lipinski definition) is 2. The minimum absolute atomic E-state index is 0.229. The number of aromatic nitrogens is 2. The third-order valence-corrected chi connectivity index (χ3v) is 4.39. The van der Waals surface area contributed by atoms with Gasteiger partial charge < -0.3 is 15.3 Å². The summed E-state index contributed by atoms with van der Waals surface area (Å²) in [6.07, 6.45) is 4.85. The number of carbonyl (C=O) groups is 1. The minimum Gasteiger partial charge on any atom is -0.387 e. The van der Waals surface area contributed by atoms with Crippen molar-refractivity contribution < 1.29 is 9.90 Å². The summed E-state index contributed by atoms with van der Waals surface area (Å²) in [7, 11) is 0. The van der Waals surface area contributed by atoms with Crippen LogP contribution < -0.4 is 5.32 Å². The quantitative estimate of drug-likeness (QED) is 0.846. The van der Waals surface area contributed by atoms with Crippen molar-refractivity contribution in [2.45, 2.75) is 38.7 Å². The number of hydrogen-bond acceptors (Lipinski definition) is 4. The van der Waals surface area contributed by atoms with E-state index in [0.717, 1.165) is 29.8 Å². The van der Waals surface area contributed by atoms with Gasteiger partial charge in [-0.15, -0.1) is 0 Å². The van der Waals surface area contributed by atoms with E-state index in [4.69, 9.17) is 0 Å². The zero-order valence-electron chi connectivity index (χ0n) is 14.6. The highest BCUT2D eigenvalue weighted by molar-refractivity contribution is 5.88. The maximum atomic E-state index is 12.4. The van der Waals surface area contributed by atoms with Crippen LogP contribution in [0.1, 0.15) is 48.7 Å². The van der Waals surface area contributed by atoms with Crippen LogP contribution in [0.2, 0.25) is 0 Å². The van der Waals surface area contributed by atoms with E-state index >= 15 is 0 Å². The van der Waals surface area contributed by atoms with Crippen LogP contribution in [0.3, 0.4) is 0 Å². The lowest BCUT2D eigenvalue weighted by Crippen LogP contribution is -2.37. The van der Waals surface area contributed by atoms with Gasteiger partial charge in [-0.3, -0.25) is 0 Å². The molecule has 0 spiro atoms. The van der Waals surface area contributed by atoms with E-state index in [1.54, 1.807) is 17.3 Å². The summed E-state index contributed by atoms with van der Waals surface area (Å²) in [5.41, 5.74) is 2.50. The summed E-state index contributed by atoms with van der Waals surface area (Å²) < 4.78 is 0. The van der Waals surface area contributed by atoms with E-state index in [-0.39, 0.29) is 12.6 Å². The number of amides is 2. The predicted octanol–water partition coefficient (Wildman–Crippen LogP) is 3.25. The number of nitrogens with one attached hydrogen (secondary N) is 1. The zero-order chi connectivity index (χ0) is 17.8. The van der Waals surface area contributed by atoms with E-state index in [2.05, 4.69) is 15.3 Å². The number of aryl methyl sites for hydroxylation is 1. The number of urea groups is 1. The first-order valence-corrected chi connectivity index (χ1v) is 8.69. The standard InChI is InChI=1S/C19H24N4O2/c1-3-23(12-17(24)14-6-4-13(2)5-7-14)19(25)22-16-10-20-18(21-11-16)15-8-9-15/h4-7,10-11,15,17,24H,3,8-9,12H2,1-2H3,(H,22,25). The molecule has 1 aliphatic carbocycles. The topological polar surface area (TPSA) is 78.4 Å². The summed E-state index contributed by atoms with van der Waals surface area (Å²) in [6, 6.07) is 7.41. The summed E-state index contributed by atoms with van der Waals surface area (Å²) in [5, 5.41) is 13.2. The normalized spacial score (nSPS) is 14.8. The summed E-state index contributed by atoms with van der Waals surface area (Å²) >= 11 is 0. The Labute approximate surface area is 147 Å². The van der Waals surface area contributed by atoms with Crippen LogP contribution in [-0.2, 0) is 0 Å². The second-order valence-corrected chi connectivity index (χ2v) is 6.50. The van der Waals surface area contributed by atoms with Crippen molar-refractivity contribution in [3.05, 3.63) is 53.6 Å². The Morgan fingerprint density at radius 3 is 2.48 bits per heavy atom. The number of aliphatic hydroxyl groups is 1. The van der Waals surface area contributed by atoms with Crippen LogP contribution >= 0.6 is 0 Å². The smallest absolute Gasteiger partial charge is 0.322 e. The van der Waals surface area contributed by atoms with Gasteiger partial charge in [-0.2, -0.15) is 0 Å². The number of carbonyl (C=O) groups excluding carboxylic acids is 1. The van der Waals surface area contributed by atoms with Gasteiger partial charge in [0.05, 0.1) is 30.7 Å². The molecular formula is C19H24N4O2. The van der Waals surface area contributed by atoms with Crippen molar-refractivity contribution in [1.82, 2.24) is 14.9 Å². The number of aliphatic hydroxyl groups excluding tert-OH is 1. The molecular weight excluding hydrogens is 316 g/mol. The van der Waals surface area contributed by atoms with Gasteiger partial charge in [-0.1, -0.05) is 29.8 Å². The predicted molar refractivity (Wildman–Crippen MR) is 96.4 cm³/mol. The maximum absolute atomic E-state index is 12.4. The average molecular weight is 340 g/mol. The fraction of sp³-hybridized carbons (Fsp3) is 0.421. The fourth-order valence-electron chi connectivity index (χ4n) is 2.62. The van der Waals surface area contributed by atoms with Crippen molar-refractivity contribution in [2.24, 2.45) is 0 Å². The van der Waals surface area contributed by atoms with Crippen LogP contribution in [-0.4, -0.2) is 39.1 Å². The molecule has 1 aromatic carbocycles. The highest BCUT2D eigenvalue weighted by atomic mass is 16.3. The lowest BCUT2D eigenvalue weighted by Gasteiger charge is -2.24. The van der Waals surface area contributed by atoms with Crippen molar-refractivity contribution in [3.8, 4) is 0 Å². The van der Waals surface area contributed by atoms with E-state index in [9.17, 15) is 9.90 Å². The van der Waals surface area contributed by atoms with Crippen LogP contribution in [0.25, 0.3) is 0 Å². The van der Waals surface area contributed by atoms with E-state index in [1.165, 1.54) is 0 Å². The van der Waals surface area contributed by atoms with Gasteiger partial charge in [-0.25, -0.2) is 14.8 Å². The minimum atomic E-state index is -0.722. The van der Waals surface area contributed by atoms with Gasteiger partial charge >= 0.3 is 6.03 Å². The first kappa shape index (κ1) is 17.4. The van der Waals surface area contributed by atoms with Gasteiger partial charge in [0, 0.05) is 12.5 Å². The Morgan fingerprint density at radius 2 is 1.92 bits per heavy atom. The Balaban J connectivity index is 1.59. The summed E-state index contributed by atoms with van der Waals surface area (Å²) in [6.45, 7) is 4.61. The first-order valence-electron chi connectivity index (χ1n) is 8.69. The van der Waals surface area contributed by atoms with E-state index in [1.807, 2.05) is 38.1 Å². The molecule has 1 heterocycles. The molecule has 2 aromatic rings. The van der Waals surface area contributed by atoms with Crippen LogP contribution in [0.5, 0.6) is 0 Å². The highest BCUT2D eigenvalue weighted by Gasteiger charge is 2.26. The molecule has 1 aliphatic rings. The number of rotatable bonds is 6. The van der Waals surface area contributed by atoms with E-state index in [0.29, 0.717) is 18.2 Å². The maximum Gasteiger partial charge on any atom is 0.322 e. The molecule has 1 atom stereocenters.